The molecule has 0 saturated heterocycles. The number of anilines is 12. The van der Waals surface area contributed by atoms with E-state index in [1.165, 1.54) is 199 Å². The Morgan fingerprint density at radius 1 is 0.196 bits per heavy atom. The van der Waals surface area contributed by atoms with Gasteiger partial charge in [0.25, 0.3) is 0 Å². The first kappa shape index (κ1) is 99.3. The zero-order valence-corrected chi connectivity index (χ0v) is 90.8. The summed E-state index contributed by atoms with van der Waals surface area (Å²) in [5, 5.41) is 14.6. The van der Waals surface area contributed by atoms with Gasteiger partial charge in [-0.3, -0.25) is 0 Å². The molecule has 0 fully saturated rings. The van der Waals surface area contributed by atoms with Gasteiger partial charge in [-0.05, 0) is 386 Å². The number of nitrogens with zero attached hydrogens (tertiary/aromatic N) is 4. The van der Waals surface area contributed by atoms with E-state index in [-0.39, 0.29) is 55.2 Å². The van der Waals surface area contributed by atoms with Crippen molar-refractivity contribution in [1.29, 1.82) is 0 Å². The Morgan fingerprint density at radius 2 is 0.384 bits per heavy atom. The molecule has 0 N–H and O–H groups in total. The van der Waals surface area contributed by atoms with E-state index in [2.05, 4.69) is 524 Å². The Kier molecular flexibility index (Phi) is 26.3. The Labute approximate surface area is 830 Å². The zero-order valence-electron chi connectivity index (χ0n) is 90.8. The van der Waals surface area contributed by atoms with Gasteiger partial charge in [0.15, 0.2) is 0 Å². The van der Waals surface area contributed by atoms with E-state index in [9.17, 15) is 0 Å². The Balaban J connectivity index is 0.864. The smallest absolute Gasteiger partial charge is 0.0546 e. The van der Waals surface area contributed by atoms with Crippen molar-refractivity contribution < 1.29 is 0 Å². The highest BCUT2D eigenvalue weighted by molar-refractivity contribution is 6.26. The van der Waals surface area contributed by atoms with Crippen LogP contribution in [0, 0.1) is 41.5 Å². The van der Waals surface area contributed by atoms with Gasteiger partial charge in [0.1, 0.15) is 0 Å². The summed E-state index contributed by atoms with van der Waals surface area (Å²) in [6.45, 7) is 85.4. The maximum absolute atomic E-state index is 2.69. The maximum Gasteiger partial charge on any atom is 0.0546 e. The number of hydrogen-bond donors (Lipinski definition) is 0. The summed E-state index contributed by atoms with van der Waals surface area (Å²) < 4.78 is 0. The standard InChI is InChI=1S/C134H158N4/c1-81(2)91-59-92(82(3)4)62-105(61-91)135(103-55-85(8)89(12)86(9)56-103)123-77-119-112-46-38-42-50-116(112)124(78-120(119)111-45-37-41-49-115(111)123)136(104-57-87(10)90(13)88(11)58-104)106-63-93(83(5)6)60-94(64-106)84(7)53-54-134(35,36)102-68-101(133(32,33)34)75-110(76-102)138(109-73-99(131(26,27)28)67-100(74-109)132(29,30)31)126-80-122-113-47-39-43-51-117(113)125(79-121(122)114-48-40-44-52-118(114)126)137(107-69-95(127(14,15)16)65-96(70-107)128(17,18)19)108-71-97(129(20,21)22)66-98(72-108)130(23,24)25/h37-52,55-84H,53-54H2,1-36H3. The van der Waals surface area contributed by atoms with Gasteiger partial charge in [0, 0.05) is 67.0 Å². The molecule has 138 heavy (non-hydrogen) atoms. The van der Waals surface area contributed by atoms with Crippen molar-refractivity contribution in [3.8, 4) is 0 Å². The number of benzene rings is 16. The Morgan fingerprint density at radius 3 is 0.609 bits per heavy atom. The molecule has 0 aliphatic rings. The molecule has 4 heteroatoms. The minimum atomic E-state index is -0.290. The molecule has 0 saturated carbocycles. The summed E-state index contributed by atoms with van der Waals surface area (Å²) >= 11 is 0. The van der Waals surface area contributed by atoms with Gasteiger partial charge in [-0.2, -0.15) is 0 Å². The second-order valence-electron chi connectivity index (χ2n) is 50.0. The van der Waals surface area contributed by atoms with E-state index in [0.29, 0.717) is 11.8 Å². The molecule has 0 aliphatic heterocycles. The van der Waals surface area contributed by atoms with Gasteiger partial charge in [0.05, 0.1) is 22.7 Å². The van der Waals surface area contributed by atoms with Crippen molar-refractivity contribution in [2.24, 2.45) is 0 Å². The van der Waals surface area contributed by atoms with E-state index in [4.69, 9.17) is 0 Å². The maximum atomic E-state index is 2.69. The monoisotopic (exact) mass is 1820 g/mol. The normalized spacial score (nSPS) is 13.2. The fraction of sp³-hybridized carbons (Fsp3) is 0.373. The van der Waals surface area contributed by atoms with Gasteiger partial charge in [-0.25, -0.2) is 0 Å². The summed E-state index contributed by atoms with van der Waals surface area (Å²) in [5.41, 5.74) is 36.4. The molecule has 0 aliphatic carbocycles. The Bertz CT molecular complexity index is 7160. The van der Waals surface area contributed by atoms with Gasteiger partial charge in [0.2, 0.25) is 0 Å². The first-order valence-corrected chi connectivity index (χ1v) is 51.5. The van der Waals surface area contributed by atoms with Crippen molar-refractivity contribution in [1.82, 2.24) is 0 Å². The second kappa shape index (κ2) is 36.5. The highest BCUT2D eigenvalue weighted by Crippen LogP contribution is 2.56. The van der Waals surface area contributed by atoms with Gasteiger partial charge >= 0.3 is 0 Å². The van der Waals surface area contributed by atoms with Crippen LogP contribution in [0.2, 0.25) is 0 Å². The first-order chi connectivity index (χ1) is 64.4. The highest BCUT2D eigenvalue weighted by Gasteiger charge is 2.36. The van der Waals surface area contributed by atoms with Crippen LogP contribution in [0.4, 0.5) is 68.2 Å². The fourth-order valence-corrected chi connectivity index (χ4v) is 20.7. The molecule has 0 radical (unpaired) electrons. The molecule has 0 aromatic heterocycles. The zero-order chi connectivity index (χ0) is 100.0. The van der Waals surface area contributed by atoms with Gasteiger partial charge in [-0.1, -0.05) is 341 Å². The molecule has 1 atom stereocenters. The van der Waals surface area contributed by atoms with Crippen molar-refractivity contribution in [3.63, 3.8) is 0 Å². The molecular weight excluding hydrogens is 1670 g/mol. The summed E-state index contributed by atoms with van der Waals surface area (Å²) in [4.78, 5) is 10.5. The number of rotatable bonds is 20. The molecule has 16 rings (SSSR count). The van der Waals surface area contributed by atoms with E-state index < -0.39 is 0 Å². The van der Waals surface area contributed by atoms with Crippen LogP contribution in [0.25, 0.3) is 64.6 Å². The van der Waals surface area contributed by atoms with Crippen LogP contribution in [0.1, 0.15) is 344 Å². The van der Waals surface area contributed by atoms with Crippen molar-refractivity contribution in [2.75, 3.05) is 19.6 Å². The predicted molar refractivity (Wildman–Crippen MR) is 609 cm³/mol. The molecule has 1 unspecified atom stereocenters. The van der Waals surface area contributed by atoms with Crippen LogP contribution < -0.4 is 19.6 Å². The van der Waals surface area contributed by atoms with E-state index >= 15 is 0 Å². The molecule has 0 amide bonds. The molecule has 0 heterocycles. The first-order valence-electron chi connectivity index (χ1n) is 51.5. The quantitative estimate of drug-likeness (QED) is 0.0705. The van der Waals surface area contributed by atoms with Crippen LogP contribution in [-0.2, 0) is 43.3 Å². The van der Waals surface area contributed by atoms with E-state index in [0.717, 1.165) is 47.0 Å². The lowest BCUT2D eigenvalue weighted by molar-refractivity contribution is 0.438. The summed E-state index contributed by atoms with van der Waals surface area (Å²) in [6.07, 6.45) is 1.91. The largest absolute Gasteiger partial charge is 0.310 e. The molecule has 4 nitrogen and oxygen atoms in total. The van der Waals surface area contributed by atoms with Crippen molar-refractivity contribution >= 4 is 133 Å². The predicted octanol–water partition coefficient (Wildman–Crippen LogP) is 40.6. The van der Waals surface area contributed by atoms with Gasteiger partial charge in [-0.15, -0.1) is 0 Å². The van der Waals surface area contributed by atoms with Crippen molar-refractivity contribution in [2.45, 2.75) is 329 Å². The highest BCUT2D eigenvalue weighted by atomic mass is 15.2. The van der Waals surface area contributed by atoms with Crippen molar-refractivity contribution in [3.05, 3.63) is 355 Å². The van der Waals surface area contributed by atoms with Crippen LogP contribution in [0.3, 0.4) is 0 Å². The third-order valence-electron chi connectivity index (χ3n) is 30.7. The molecule has 714 valence electrons. The summed E-state index contributed by atoms with van der Waals surface area (Å²) in [6, 6.07) is 102. The number of aryl methyl sites for hydroxylation is 4. The third-order valence-corrected chi connectivity index (χ3v) is 30.7. The lowest BCUT2D eigenvalue weighted by Gasteiger charge is -2.35. The minimum absolute atomic E-state index is 0.121. The summed E-state index contributed by atoms with van der Waals surface area (Å²) in [5.74, 6) is 1.15. The van der Waals surface area contributed by atoms with E-state index in [1.54, 1.807) is 0 Å². The van der Waals surface area contributed by atoms with Crippen LogP contribution in [0.15, 0.2) is 255 Å². The molecular formula is C134H158N4. The van der Waals surface area contributed by atoms with Crippen LogP contribution in [0.5, 0.6) is 0 Å². The van der Waals surface area contributed by atoms with E-state index in [1.807, 2.05) is 0 Å². The molecule has 16 aromatic rings. The lowest BCUT2D eigenvalue weighted by atomic mass is 9.75. The minimum Gasteiger partial charge on any atom is -0.310 e. The molecule has 16 aromatic carbocycles. The SMILES string of the molecule is Cc1cc(N(c2cc(C(C)C)cc(C(C)C)c2)c2cc3c4ccccc4c(N(c4cc(C(C)C)cc(C(C)CCC(C)(C)c5cc(N(c6cc(C(C)(C)C)cc(C(C)(C)C)c6)c6cc7c8ccccc8c(N(c8cc(C(C)(C)C)cc(C(C)(C)C)c8)c8cc(C(C)(C)C)cc(C(C)(C)C)c8)cc7c7ccccc67)cc(C(C)(C)C)c5)c4)c4cc(C)c(C)c(C)c4)cc3c3ccccc23)cc(C)c1C. The second-order valence-corrected chi connectivity index (χ2v) is 50.0. The van der Waals surface area contributed by atoms with Crippen LogP contribution >= 0.6 is 0 Å². The number of fused-ring (bicyclic) bond motifs is 10. The number of hydrogen-bond acceptors (Lipinski definition) is 4. The fourth-order valence-electron chi connectivity index (χ4n) is 20.7. The van der Waals surface area contributed by atoms with Crippen LogP contribution in [-0.4, -0.2) is 0 Å². The van der Waals surface area contributed by atoms with Gasteiger partial charge < -0.3 is 19.6 Å². The third kappa shape index (κ3) is 19.6. The average molecular weight is 1820 g/mol. The topological polar surface area (TPSA) is 13.0 Å². The molecule has 0 bridgehead atoms. The Hall–Kier alpha value is -11.7. The molecule has 0 spiro atoms. The lowest BCUT2D eigenvalue weighted by Crippen LogP contribution is -2.23. The average Bonchev–Trinajstić information content (AvgIpc) is 0.721. The summed E-state index contributed by atoms with van der Waals surface area (Å²) in [7, 11) is 0.